The van der Waals surface area contributed by atoms with Gasteiger partial charge in [0.25, 0.3) is 11.5 Å². The van der Waals surface area contributed by atoms with Crippen LogP contribution in [0.5, 0.6) is 0 Å². The van der Waals surface area contributed by atoms with Gasteiger partial charge >= 0.3 is 5.97 Å². The van der Waals surface area contributed by atoms with Gasteiger partial charge in [0, 0.05) is 5.39 Å². The maximum absolute atomic E-state index is 12.3. The van der Waals surface area contributed by atoms with Crippen LogP contribution < -0.4 is 10.9 Å². The molecule has 8 nitrogen and oxygen atoms in total. The van der Waals surface area contributed by atoms with Crippen molar-refractivity contribution in [3.63, 3.8) is 0 Å². The number of amides is 1. The van der Waals surface area contributed by atoms with Gasteiger partial charge in [-0.15, -0.1) is 0 Å². The Hall–Kier alpha value is -3.81. The molecule has 2 aromatic carbocycles. The van der Waals surface area contributed by atoms with Crippen molar-refractivity contribution in [3.05, 3.63) is 76.2 Å². The molecule has 1 unspecified atom stereocenters. The number of hydrogen-bond acceptors (Lipinski definition) is 6. The number of rotatable bonds is 7. The lowest BCUT2D eigenvalue weighted by atomic mass is 10.0. The van der Waals surface area contributed by atoms with Crippen molar-refractivity contribution in [3.8, 4) is 0 Å². The number of aromatic amines is 1. The average Bonchev–Trinajstić information content (AvgIpc) is 2.73. The van der Waals surface area contributed by atoms with E-state index in [-0.39, 0.29) is 11.5 Å². The van der Waals surface area contributed by atoms with E-state index in [2.05, 4.69) is 15.5 Å². The highest BCUT2D eigenvalue weighted by Crippen LogP contribution is 2.13. The van der Waals surface area contributed by atoms with Gasteiger partial charge in [0.15, 0.2) is 18.1 Å². The molecule has 148 valence electrons. The second-order valence-electron chi connectivity index (χ2n) is 6.44. The number of carbonyl (C=O) groups is 3. The molecule has 0 radical (unpaired) electrons. The molecule has 29 heavy (non-hydrogen) atoms. The summed E-state index contributed by atoms with van der Waals surface area (Å²) in [5.41, 5.74) is 0.370. The molecular formula is C21H19N3O5. The summed E-state index contributed by atoms with van der Waals surface area (Å²) in [7, 11) is 0. The third-order valence-corrected chi connectivity index (χ3v) is 4.33. The lowest BCUT2D eigenvalue weighted by Gasteiger charge is -2.16. The van der Waals surface area contributed by atoms with Crippen molar-refractivity contribution < 1.29 is 19.1 Å². The van der Waals surface area contributed by atoms with Gasteiger partial charge in [-0.1, -0.05) is 48.5 Å². The SMILES string of the molecule is CC(=O)C(Cc1ccccc1)NC(=O)COC(=O)c1n[nH]c(=O)c2ccccc12. The number of ether oxygens (including phenoxy) is 1. The first-order chi connectivity index (χ1) is 14.0. The quantitative estimate of drug-likeness (QED) is 0.586. The standard InChI is InChI=1S/C21H19N3O5/c1-13(25)17(11-14-7-3-2-4-8-14)22-18(26)12-29-21(28)19-15-9-5-6-10-16(15)20(27)24-23-19/h2-10,17H,11-12H2,1H3,(H,22,26)(H,24,27). The normalized spacial score (nSPS) is 11.6. The Labute approximate surface area is 165 Å². The first-order valence-corrected chi connectivity index (χ1v) is 8.94. The van der Waals surface area contributed by atoms with Crippen LogP contribution in [0, 0.1) is 0 Å². The minimum atomic E-state index is -0.852. The van der Waals surface area contributed by atoms with Crippen LogP contribution >= 0.6 is 0 Å². The van der Waals surface area contributed by atoms with E-state index < -0.39 is 30.1 Å². The summed E-state index contributed by atoms with van der Waals surface area (Å²) < 4.78 is 5.02. The van der Waals surface area contributed by atoms with Crippen molar-refractivity contribution in [1.29, 1.82) is 0 Å². The molecule has 0 spiro atoms. The van der Waals surface area contributed by atoms with Gasteiger partial charge in [-0.3, -0.25) is 14.4 Å². The summed E-state index contributed by atoms with van der Waals surface area (Å²) in [5, 5.41) is 9.16. The fraction of sp³-hybridized carbons (Fsp3) is 0.190. The van der Waals surface area contributed by atoms with Gasteiger partial charge in [-0.25, -0.2) is 9.89 Å². The molecule has 1 aromatic heterocycles. The van der Waals surface area contributed by atoms with E-state index in [0.717, 1.165) is 5.56 Å². The number of fused-ring (bicyclic) bond motifs is 1. The van der Waals surface area contributed by atoms with Crippen LogP contribution in [0.15, 0.2) is 59.4 Å². The highest BCUT2D eigenvalue weighted by Gasteiger charge is 2.20. The third-order valence-electron chi connectivity index (χ3n) is 4.33. The van der Waals surface area contributed by atoms with Crippen LogP contribution in [-0.4, -0.2) is 40.5 Å². The number of esters is 1. The van der Waals surface area contributed by atoms with Crippen LogP contribution in [0.3, 0.4) is 0 Å². The molecule has 0 aliphatic carbocycles. The lowest BCUT2D eigenvalue weighted by Crippen LogP contribution is -2.43. The van der Waals surface area contributed by atoms with E-state index in [9.17, 15) is 19.2 Å². The minimum absolute atomic E-state index is 0.0968. The summed E-state index contributed by atoms with van der Waals surface area (Å²) in [6.07, 6.45) is 0.335. The molecule has 8 heteroatoms. The predicted octanol–water partition coefficient (Wildman–Crippen LogP) is 1.40. The van der Waals surface area contributed by atoms with E-state index in [0.29, 0.717) is 17.2 Å². The van der Waals surface area contributed by atoms with Gasteiger partial charge in [0.05, 0.1) is 11.4 Å². The predicted molar refractivity (Wildman–Crippen MR) is 105 cm³/mol. The maximum atomic E-state index is 12.3. The summed E-state index contributed by atoms with van der Waals surface area (Å²) in [6.45, 7) is 0.808. The first-order valence-electron chi connectivity index (χ1n) is 8.94. The van der Waals surface area contributed by atoms with E-state index >= 15 is 0 Å². The topological polar surface area (TPSA) is 118 Å². The van der Waals surface area contributed by atoms with Gasteiger partial charge in [0.2, 0.25) is 0 Å². The number of hydrogen-bond donors (Lipinski definition) is 2. The Balaban J connectivity index is 1.64. The molecule has 0 aliphatic heterocycles. The summed E-state index contributed by atoms with van der Waals surface area (Å²) in [5.74, 6) is -1.67. The van der Waals surface area contributed by atoms with Crippen molar-refractivity contribution in [2.24, 2.45) is 0 Å². The highest BCUT2D eigenvalue weighted by atomic mass is 16.5. The van der Waals surface area contributed by atoms with E-state index in [1.54, 1.807) is 24.3 Å². The summed E-state index contributed by atoms with van der Waals surface area (Å²) >= 11 is 0. The molecule has 0 fully saturated rings. The number of Topliss-reactive ketones (excluding diaryl/α,β-unsaturated/α-hetero) is 1. The molecular weight excluding hydrogens is 374 g/mol. The second kappa shape index (κ2) is 8.92. The Morgan fingerprint density at radius 3 is 2.38 bits per heavy atom. The van der Waals surface area contributed by atoms with Gasteiger partial charge in [-0.05, 0) is 25.0 Å². The number of aromatic nitrogens is 2. The number of nitrogens with one attached hydrogen (secondary N) is 2. The molecule has 3 aromatic rings. The van der Waals surface area contributed by atoms with Crippen LogP contribution in [0.1, 0.15) is 23.0 Å². The maximum Gasteiger partial charge on any atom is 0.359 e. The summed E-state index contributed by atoms with van der Waals surface area (Å²) in [6, 6.07) is 15.0. The molecule has 0 bridgehead atoms. The largest absolute Gasteiger partial charge is 0.451 e. The molecule has 0 saturated heterocycles. The van der Waals surface area contributed by atoms with Gasteiger partial charge < -0.3 is 10.1 Å². The number of nitrogens with zero attached hydrogens (tertiary/aromatic N) is 1. The highest BCUT2D eigenvalue weighted by molar-refractivity contribution is 6.02. The van der Waals surface area contributed by atoms with E-state index in [1.807, 2.05) is 30.3 Å². The molecule has 3 rings (SSSR count). The van der Waals surface area contributed by atoms with Gasteiger partial charge in [-0.2, -0.15) is 5.10 Å². The Morgan fingerprint density at radius 2 is 1.69 bits per heavy atom. The Morgan fingerprint density at radius 1 is 1.03 bits per heavy atom. The van der Waals surface area contributed by atoms with Crippen LogP contribution in [0.25, 0.3) is 10.8 Å². The molecule has 0 saturated carbocycles. The van der Waals surface area contributed by atoms with Crippen LogP contribution in [-0.2, 0) is 20.7 Å². The zero-order chi connectivity index (χ0) is 20.8. The van der Waals surface area contributed by atoms with Crippen molar-refractivity contribution in [1.82, 2.24) is 15.5 Å². The van der Waals surface area contributed by atoms with E-state index in [1.165, 1.54) is 6.92 Å². The summed E-state index contributed by atoms with van der Waals surface area (Å²) in [4.78, 5) is 48.2. The van der Waals surface area contributed by atoms with Crippen molar-refractivity contribution >= 4 is 28.4 Å². The fourth-order valence-electron chi connectivity index (χ4n) is 2.85. The second-order valence-corrected chi connectivity index (χ2v) is 6.44. The number of ketones is 1. The molecule has 2 N–H and O–H groups in total. The number of carbonyl (C=O) groups excluding carboxylic acids is 3. The molecule has 0 aliphatic rings. The first kappa shape index (κ1) is 19.9. The Bertz CT molecular complexity index is 1110. The number of H-pyrrole nitrogens is 1. The molecule has 1 atom stereocenters. The fourth-order valence-corrected chi connectivity index (χ4v) is 2.85. The zero-order valence-corrected chi connectivity index (χ0v) is 15.7. The molecule has 1 heterocycles. The minimum Gasteiger partial charge on any atom is -0.451 e. The van der Waals surface area contributed by atoms with Crippen molar-refractivity contribution in [2.45, 2.75) is 19.4 Å². The average molecular weight is 393 g/mol. The van der Waals surface area contributed by atoms with E-state index in [4.69, 9.17) is 4.74 Å². The Kier molecular flexibility index (Phi) is 6.13. The van der Waals surface area contributed by atoms with Crippen molar-refractivity contribution in [2.75, 3.05) is 6.61 Å². The zero-order valence-electron chi connectivity index (χ0n) is 15.7. The van der Waals surface area contributed by atoms with Crippen LogP contribution in [0.4, 0.5) is 0 Å². The third kappa shape index (κ3) is 4.92. The monoisotopic (exact) mass is 393 g/mol. The van der Waals surface area contributed by atoms with Crippen LogP contribution in [0.2, 0.25) is 0 Å². The van der Waals surface area contributed by atoms with Gasteiger partial charge in [0.1, 0.15) is 0 Å². The molecule has 1 amide bonds. The lowest BCUT2D eigenvalue weighted by molar-refractivity contribution is -0.128. The smallest absolute Gasteiger partial charge is 0.359 e. The number of benzene rings is 2.